The van der Waals surface area contributed by atoms with Crippen LogP contribution in [0, 0.1) is 22.9 Å². The Balaban J connectivity index is 1.54. The van der Waals surface area contributed by atoms with Crippen molar-refractivity contribution in [2.24, 2.45) is 4.99 Å². The van der Waals surface area contributed by atoms with Gasteiger partial charge in [-0.15, -0.1) is 0 Å². The number of hydrogen-bond donors (Lipinski definition) is 0. The van der Waals surface area contributed by atoms with Gasteiger partial charge in [-0.05, 0) is 30.7 Å². The fourth-order valence-corrected chi connectivity index (χ4v) is 5.76. The molecule has 5 rings (SSSR count). The lowest BCUT2D eigenvalue weighted by Crippen LogP contribution is -2.39. The van der Waals surface area contributed by atoms with Gasteiger partial charge in [0.15, 0.2) is 0 Å². The molecule has 221 valence electrons. The van der Waals surface area contributed by atoms with Crippen molar-refractivity contribution in [1.82, 2.24) is 25.2 Å². The van der Waals surface area contributed by atoms with Gasteiger partial charge in [0, 0.05) is 30.1 Å². The summed E-state index contributed by atoms with van der Waals surface area (Å²) in [6.07, 6.45) is 26.5. The molecule has 3 heterocycles. The Kier molecular flexibility index (Phi) is 10.6. The van der Waals surface area contributed by atoms with Crippen molar-refractivity contribution in [2.45, 2.75) is 71.1 Å². The number of aromatic nitrogens is 3. The molecule has 0 bridgehead atoms. The normalized spacial score (nSPS) is 15.5. The molecule has 8 nitrogen and oxygen atoms in total. The number of hydrogen-bond acceptors (Lipinski definition) is 7. The van der Waals surface area contributed by atoms with Crippen LogP contribution in [-0.2, 0) is 0 Å². The first-order chi connectivity index (χ1) is 21.8. The molecule has 0 spiro atoms. The number of unbranched alkanes of at least 4 members (excludes halogenated alkanes) is 9. The summed E-state index contributed by atoms with van der Waals surface area (Å²) in [5.74, 6) is 0. The van der Waals surface area contributed by atoms with E-state index in [0.29, 0.717) is 50.3 Å². The van der Waals surface area contributed by atoms with Crippen molar-refractivity contribution in [3.05, 3.63) is 101 Å². The second-order valence-corrected chi connectivity index (χ2v) is 11.0. The quantitative estimate of drug-likeness (QED) is 0.185. The van der Waals surface area contributed by atoms with Gasteiger partial charge in [-0.3, -0.25) is 4.98 Å². The van der Waals surface area contributed by atoms with Crippen LogP contribution in [0.4, 0.5) is 0 Å². The molecule has 44 heavy (non-hydrogen) atoms. The van der Waals surface area contributed by atoms with E-state index in [2.05, 4.69) is 33.3 Å². The highest BCUT2D eigenvalue weighted by Crippen LogP contribution is 2.24. The van der Waals surface area contributed by atoms with Gasteiger partial charge in [0.1, 0.15) is 33.5 Å². The van der Waals surface area contributed by atoms with Crippen molar-refractivity contribution in [3.63, 3.8) is 0 Å². The maximum atomic E-state index is 9.64. The van der Waals surface area contributed by atoms with Crippen molar-refractivity contribution in [1.29, 1.82) is 10.5 Å². The molecule has 2 aromatic heterocycles. The van der Waals surface area contributed by atoms with E-state index in [4.69, 9.17) is 9.97 Å². The number of benzene rings is 1. The van der Waals surface area contributed by atoms with Crippen molar-refractivity contribution < 1.29 is 0 Å². The monoisotopic (exact) mass is 581 g/mol. The van der Waals surface area contributed by atoms with Gasteiger partial charge in [0.2, 0.25) is 12.4 Å². The van der Waals surface area contributed by atoms with Crippen LogP contribution < -0.4 is 16.0 Å². The van der Waals surface area contributed by atoms with E-state index in [9.17, 15) is 10.5 Å². The summed E-state index contributed by atoms with van der Waals surface area (Å²) >= 11 is 0. The fraction of sp³-hybridized carbons (Fsp3) is 0.333. The zero-order valence-electron chi connectivity index (χ0n) is 25.3. The molecule has 1 radical (unpaired) electrons. The van der Waals surface area contributed by atoms with Crippen LogP contribution in [-0.4, -0.2) is 32.1 Å². The maximum Gasteiger partial charge on any atom is 0.206 e. The van der Waals surface area contributed by atoms with E-state index in [-0.39, 0.29) is 0 Å². The molecule has 2 aliphatic rings. The third-order valence-corrected chi connectivity index (χ3v) is 7.95. The van der Waals surface area contributed by atoms with Crippen LogP contribution in [0.1, 0.15) is 88.0 Å². The summed E-state index contributed by atoms with van der Waals surface area (Å²) in [5, 5.41) is 24.4. The average molecular weight is 582 g/mol. The van der Waals surface area contributed by atoms with Gasteiger partial charge in [0.25, 0.3) is 0 Å². The predicted molar refractivity (Wildman–Crippen MR) is 173 cm³/mol. The van der Waals surface area contributed by atoms with Crippen LogP contribution in [0.5, 0.6) is 0 Å². The summed E-state index contributed by atoms with van der Waals surface area (Å²) in [7, 11) is 0. The Morgan fingerprint density at radius 2 is 1.45 bits per heavy atom. The van der Waals surface area contributed by atoms with Gasteiger partial charge < -0.3 is 4.90 Å². The highest BCUT2D eigenvalue weighted by atomic mass is 15.1. The van der Waals surface area contributed by atoms with E-state index in [1.165, 1.54) is 57.8 Å². The molecule has 0 N–H and O–H groups in total. The van der Waals surface area contributed by atoms with Gasteiger partial charge in [-0.2, -0.15) is 20.8 Å². The molecule has 1 aliphatic heterocycles. The summed E-state index contributed by atoms with van der Waals surface area (Å²) in [6, 6.07) is 13.1. The minimum absolute atomic E-state index is 0.400. The summed E-state index contributed by atoms with van der Waals surface area (Å²) < 4.78 is 0. The van der Waals surface area contributed by atoms with Crippen molar-refractivity contribution in [3.8, 4) is 23.8 Å². The number of rotatable bonds is 13. The Hall–Kier alpha value is -5.08. The Morgan fingerprint density at radius 1 is 0.750 bits per heavy atom. The second-order valence-electron chi connectivity index (χ2n) is 11.0. The van der Waals surface area contributed by atoms with Crippen molar-refractivity contribution >= 4 is 17.1 Å². The number of nitriles is 2. The Labute approximate surface area is 259 Å². The minimum Gasteiger partial charge on any atom is -0.346 e. The van der Waals surface area contributed by atoms with E-state index >= 15 is 0 Å². The highest BCUT2D eigenvalue weighted by Gasteiger charge is 2.28. The lowest BCUT2D eigenvalue weighted by molar-refractivity contribution is 0.477. The van der Waals surface area contributed by atoms with Gasteiger partial charge in [-0.25, -0.2) is 9.97 Å². The first-order valence-electron chi connectivity index (χ1n) is 15.6. The summed E-state index contributed by atoms with van der Waals surface area (Å²) in [4.78, 5) is 21.3. The average Bonchev–Trinajstić information content (AvgIpc) is 3.07. The van der Waals surface area contributed by atoms with E-state index in [0.717, 1.165) is 18.7 Å². The third kappa shape index (κ3) is 6.93. The molecule has 8 heteroatoms. The molecule has 0 fully saturated rings. The second kappa shape index (κ2) is 15.4. The van der Waals surface area contributed by atoms with E-state index < -0.39 is 0 Å². The number of aliphatic imine (C=N–C) groups is 1. The van der Waals surface area contributed by atoms with Crippen LogP contribution in [0.25, 0.3) is 22.8 Å². The van der Waals surface area contributed by atoms with E-state index in [1.807, 2.05) is 73.1 Å². The standard InChI is InChI=1S/C36H37N8/c1-2-3-4-5-6-7-8-9-10-16-23-44-24-17-14-21-30(44)34-33(29-20-13-15-22-39-29)42-35-31(40-25-37)27-18-11-12-19-28(27)32(41-26-38)36(35)43-34/h11-15,17-22,24H,2-10,16,23H2,1H3/b34-30-,41-32?. The molecule has 1 aromatic carbocycles. The van der Waals surface area contributed by atoms with Crippen LogP contribution in [0.3, 0.4) is 0 Å². The van der Waals surface area contributed by atoms with E-state index in [1.54, 1.807) is 6.20 Å². The first-order valence-corrected chi connectivity index (χ1v) is 15.6. The lowest BCUT2D eigenvalue weighted by atomic mass is 9.92. The molecular weight excluding hydrogens is 544 g/mol. The maximum absolute atomic E-state index is 9.64. The van der Waals surface area contributed by atoms with Crippen LogP contribution >= 0.6 is 0 Å². The number of allylic oxidation sites excluding steroid dienone is 2. The predicted octanol–water partition coefficient (Wildman–Crippen LogP) is 5.83. The molecule has 0 unspecified atom stereocenters. The number of pyridine rings is 1. The summed E-state index contributed by atoms with van der Waals surface area (Å²) in [6.45, 7) is 3.10. The highest BCUT2D eigenvalue weighted by molar-refractivity contribution is 6.16. The largest absolute Gasteiger partial charge is 0.346 e. The topological polar surface area (TPSA) is 116 Å². The molecule has 0 amide bonds. The SMILES string of the molecule is CCCCCCCCCCCCN1C=CC=C/C1=c1/nc2c(nc1-c1ccccn1)=C([N]C#N)c1ccccc1C2=NC#N. The van der Waals surface area contributed by atoms with Gasteiger partial charge in [-0.1, -0.05) is 101 Å². The number of nitrogens with zero attached hydrogens (tertiary/aromatic N) is 8. The lowest BCUT2D eigenvalue weighted by Gasteiger charge is -2.25. The molecule has 0 saturated heterocycles. The van der Waals surface area contributed by atoms with Gasteiger partial charge >= 0.3 is 0 Å². The van der Waals surface area contributed by atoms with Crippen molar-refractivity contribution in [2.75, 3.05) is 6.54 Å². The molecule has 3 aromatic rings. The van der Waals surface area contributed by atoms with Crippen LogP contribution in [0.15, 0.2) is 78.1 Å². The first kappa shape index (κ1) is 30.4. The molecule has 0 saturated carbocycles. The molecular formula is C36H37N8. The third-order valence-electron chi connectivity index (χ3n) is 7.95. The zero-order valence-corrected chi connectivity index (χ0v) is 25.3. The Morgan fingerprint density at radius 3 is 2.16 bits per heavy atom. The molecule has 0 atom stereocenters. The number of fused-ring (bicyclic) bond motifs is 2. The summed E-state index contributed by atoms with van der Waals surface area (Å²) in [5.41, 5.74) is 4.73. The zero-order chi connectivity index (χ0) is 30.6. The smallest absolute Gasteiger partial charge is 0.206 e. The van der Waals surface area contributed by atoms with Crippen LogP contribution in [0.2, 0.25) is 0 Å². The minimum atomic E-state index is 0.400. The molecule has 1 aliphatic carbocycles. The van der Waals surface area contributed by atoms with Gasteiger partial charge in [0.05, 0.1) is 11.4 Å². The Bertz CT molecular complexity index is 1760. The fourth-order valence-electron chi connectivity index (χ4n) is 5.76.